The van der Waals surface area contributed by atoms with E-state index in [-0.39, 0.29) is 0 Å². The summed E-state index contributed by atoms with van der Waals surface area (Å²) in [6.45, 7) is 5.18. The molecule has 4 rings (SSSR count). The molecule has 24 heavy (non-hydrogen) atoms. The topological polar surface area (TPSA) is 46.8 Å². The van der Waals surface area contributed by atoms with E-state index < -0.39 is 0 Å². The van der Waals surface area contributed by atoms with Crippen molar-refractivity contribution in [3.8, 4) is 11.4 Å². The summed E-state index contributed by atoms with van der Waals surface area (Å²) in [5.74, 6) is 1.04. The van der Waals surface area contributed by atoms with Crippen LogP contribution in [-0.2, 0) is 6.54 Å². The van der Waals surface area contributed by atoms with Crippen molar-refractivity contribution < 1.29 is 0 Å². The van der Waals surface area contributed by atoms with Gasteiger partial charge in [-0.05, 0) is 37.6 Å². The van der Waals surface area contributed by atoms with Crippen LogP contribution in [0.25, 0.3) is 11.4 Å². The van der Waals surface area contributed by atoms with Crippen LogP contribution in [0.2, 0.25) is 0 Å². The maximum atomic E-state index is 4.64. The average molecular weight is 319 g/mol. The minimum atomic E-state index is 0.458. The van der Waals surface area contributed by atoms with Crippen LogP contribution in [0.15, 0.2) is 55.1 Å². The maximum absolute atomic E-state index is 4.64. The summed E-state index contributed by atoms with van der Waals surface area (Å²) in [5.41, 5.74) is 3.47. The van der Waals surface area contributed by atoms with E-state index >= 15 is 0 Å². The van der Waals surface area contributed by atoms with Crippen LogP contribution in [0.4, 0.5) is 0 Å². The third-order valence-electron chi connectivity index (χ3n) is 4.64. The summed E-state index contributed by atoms with van der Waals surface area (Å²) in [5, 5.41) is 0. The van der Waals surface area contributed by atoms with Crippen LogP contribution in [-0.4, -0.2) is 37.5 Å². The molecule has 3 aromatic heterocycles. The Labute approximate surface area is 142 Å². The van der Waals surface area contributed by atoms with E-state index in [0.717, 1.165) is 43.1 Å². The quantitative estimate of drug-likeness (QED) is 0.741. The maximum Gasteiger partial charge on any atom is 0.140 e. The Hall–Kier alpha value is -2.53. The number of hydrogen-bond acceptors (Lipinski definition) is 4. The van der Waals surface area contributed by atoms with Crippen LogP contribution in [0.5, 0.6) is 0 Å². The molecule has 0 spiro atoms. The highest BCUT2D eigenvalue weighted by molar-refractivity contribution is 5.55. The Balaban J connectivity index is 1.54. The first kappa shape index (κ1) is 15.0. The predicted molar refractivity (Wildman–Crippen MR) is 93.4 cm³/mol. The molecular weight excluding hydrogens is 298 g/mol. The number of pyridine rings is 2. The number of nitrogens with zero attached hydrogens (tertiary/aromatic N) is 5. The van der Waals surface area contributed by atoms with Crippen LogP contribution < -0.4 is 0 Å². The van der Waals surface area contributed by atoms with Gasteiger partial charge in [0.25, 0.3) is 0 Å². The van der Waals surface area contributed by atoms with Gasteiger partial charge >= 0.3 is 0 Å². The molecule has 0 bridgehead atoms. The van der Waals surface area contributed by atoms with Crippen LogP contribution >= 0.6 is 0 Å². The highest BCUT2D eigenvalue weighted by Gasteiger charge is 2.27. The van der Waals surface area contributed by atoms with Gasteiger partial charge in [-0.1, -0.05) is 6.07 Å². The second kappa shape index (κ2) is 6.53. The molecule has 4 heterocycles. The molecule has 1 unspecified atom stereocenters. The number of imidazole rings is 1. The van der Waals surface area contributed by atoms with E-state index in [0.29, 0.717) is 6.04 Å². The largest absolute Gasteiger partial charge is 0.324 e. The van der Waals surface area contributed by atoms with E-state index in [1.54, 1.807) is 0 Å². The molecule has 0 amide bonds. The number of aryl methyl sites for hydroxylation is 1. The summed E-state index contributed by atoms with van der Waals surface area (Å²) in [4.78, 5) is 15.7. The number of hydrogen-bond donors (Lipinski definition) is 0. The van der Waals surface area contributed by atoms with E-state index in [9.17, 15) is 0 Å². The fourth-order valence-corrected chi connectivity index (χ4v) is 3.51. The summed E-state index contributed by atoms with van der Waals surface area (Å²) in [6, 6.07) is 10.6. The minimum absolute atomic E-state index is 0.458. The first-order chi connectivity index (χ1) is 11.8. The molecule has 1 aliphatic heterocycles. The zero-order valence-electron chi connectivity index (χ0n) is 13.8. The van der Waals surface area contributed by atoms with Crippen LogP contribution in [0.1, 0.15) is 23.9 Å². The molecule has 122 valence electrons. The molecule has 1 fully saturated rings. The molecule has 3 aromatic rings. The van der Waals surface area contributed by atoms with Crippen molar-refractivity contribution in [2.45, 2.75) is 25.9 Å². The second-order valence-electron chi connectivity index (χ2n) is 6.33. The van der Waals surface area contributed by atoms with Gasteiger partial charge < -0.3 is 4.57 Å². The second-order valence-corrected chi connectivity index (χ2v) is 6.33. The molecule has 1 aliphatic rings. The van der Waals surface area contributed by atoms with E-state index in [1.807, 2.05) is 43.0 Å². The molecule has 1 atom stereocenters. The van der Waals surface area contributed by atoms with Gasteiger partial charge in [0, 0.05) is 61.7 Å². The molecule has 0 radical (unpaired) electrons. The molecule has 5 nitrogen and oxygen atoms in total. The molecule has 0 saturated carbocycles. The van der Waals surface area contributed by atoms with Gasteiger partial charge in [-0.3, -0.25) is 14.9 Å². The normalized spacial score (nSPS) is 18.1. The van der Waals surface area contributed by atoms with Crippen molar-refractivity contribution in [1.29, 1.82) is 0 Å². The van der Waals surface area contributed by atoms with Gasteiger partial charge in [0.2, 0.25) is 0 Å². The number of aromatic nitrogens is 4. The summed E-state index contributed by atoms with van der Waals surface area (Å²) in [6.07, 6.45) is 8.63. The number of likely N-dealkylation sites (tertiary alicyclic amines) is 1. The zero-order chi connectivity index (χ0) is 16.4. The highest BCUT2D eigenvalue weighted by Crippen LogP contribution is 2.29. The predicted octanol–water partition coefficient (Wildman–Crippen LogP) is 3.10. The van der Waals surface area contributed by atoms with Gasteiger partial charge in [0.1, 0.15) is 5.82 Å². The Morgan fingerprint density at radius 3 is 2.75 bits per heavy atom. The molecule has 0 aliphatic carbocycles. The zero-order valence-corrected chi connectivity index (χ0v) is 13.8. The van der Waals surface area contributed by atoms with Crippen LogP contribution in [0, 0.1) is 6.92 Å². The van der Waals surface area contributed by atoms with E-state index in [4.69, 9.17) is 0 Å². The lowest BCUT2D eigenvalue weighted by Crippen LogP contribution is -2.22. The fraction of sp³-hybridized carbons (Fsp3) is 0.316. The van der Waals surface area contributed by atoms with Gasteiger partial charge in [0.05, 0.1) is 5.69 Å². The SMILES string of the molecule is Cc1cnc(-c2ccncc2)n1C1CCN(Cc2ccccn2)C1. The van der Waals surface area contributed by atoms with Crippen molar-refractivity contribution in [3.63, 3.8) is 0 Å². The van der Waals surface area contributed by atoms with Crippen molar-refractivity contribution in [3.05, 3.63) is 66.5 Å². The Morgan fingerprint density at radius 2 is 1.96 bits per heavy atom. The lowest BCUT2D eigenvalue weighted by molar-refractivity contribution is 0.312. The molecule has 0 aromatic carbocycles. The summed E-state index contributed by atoms with van der Waals surface area (Å²) < 4.78 is 2.38. The molecule has 1 saturated heterocycles. The molecular formula is C19H21N5. The van der Waals surface area contributed by atoms with E-state index in [2.05, 4.69) is 43.5 Å². The van der Waals surface area contributed by atoms with Gasteiger partial charge in [-0.25, -0.2) is 4.98 Å². The first-order valence-electron chi connectivity index (χ1n) is 8.38. The summed E-state index contributed by atoms with van der Waals surface area (Å²) >= 11 is 0. The molecule has 0 N–H and O–H groups in total. The first-order valence-corrected chi connectivity index (χ1v) is 8.38. The van der Waals surface area contributed by atoms with E-state index in [1.165, 1.54) is 5.69 Å². The third-order valence-corrected chi connectivity index (χ3v) is 4.64. The highest BCUT2D eigenvalue weighted by atomic mass is 15.2. The van der Waals surface area contributed by atoms with Crippen molar-refractivity contribution in [2.75, 3.05) is 13.1 Å². The van der Waals surface area contributed by atoms with Crippen molar-refractivity contribution in [1.82, 2.24) is 24.4 Å². The average Bonchev–Trinajstić information content (AvgIpc) is 3.23. The van der Waals surface area contributed by atoms with Crippen molar-refractivity contribution >= 4 is 0 Å². The summed E-state index contributed by atoms with van der Waals surface area (Å²) in [7, 11) is 0. The van der Waals surface area contributed by atoms with Gasteiger partial charge in [-0.15, -0.1) is 0 Å². The van der Waals surface area contributed by atoms with Crippen molar-refractivity contribution in [2.24, 2.45) is 0 Å². The molecule has 5 heteroatoms. The van der Waals surface area contributed by atoms with Gasteiger partial charge in [0.15, 0.2) is 0 Å². The Bertz CT molecular complexity index is 797. The standard InChI is InChI=1S/C19H21N5/c1-15-12-22-19(16-5-9-20-10-6-16)24(15)18-7-11-23(14-18)13-17-4-2-3-8-21-17/h2-6,8-10,12,18H,7,11,13-14H2,1H3. The Morgan fingerprint density at radius 1 is 1.08 bits per heavy atom. The Kier molecular flexibility index (Phi) is 4.09. The van der Waals surface area contributed by atoms with Crippen LogP contribution in [0.3, 0.4) is 0 Å². The minimum Gasteiger partial charge on any atom is -0.324 e. The lowest BCUT2D eigenvalue weighted by atomic mass is 10.2. The third kappa shape index (κ3) is 2.95. The monoisotopic (exact) mass is 319 g/mol. The van der Waals surface area contributed by atoms with Gasteiger partial charge in [-0.2, -0.15) is 0 Å². The lowest BCUT2D eigenvalue weighted by Gasteiger charge is -2.19. The smallest absolute Gasteiger partial charge is 0.140 e. The number of rotatable bonds is 4. The fourth-order valence-electron chi connectivity index (χ4n) is 3.51.